The summed E-state index contributed by atoms with van der Waals surface area (Å²) in [6.45, 7) is 5.01. The maximum Gasteiger partial charge on any atom is 0.271 e. The second-order valence-corrected chi connectivity index (χ2v) is 9.87. The molecule has 3 rings (SSSR count). The van der Waals surface area contributed by atoms with Crippen LogP contribution in [0.25, 0.3) is 0 Å². The van der Waals surface area contributed by atoms with Gasteiger partial charge in [-0.15, -0.1) is 0 Å². The fourth-order valence-corrected chi connectivity index (χ4v) is 4.20. The molecule has 10 nitrogen and oxygen atoms in total. The third-order valence-electron chi connectivity index (χ3n) is 5.34. The van der Waals surface area contributed by atoms with Crippen molar-refractivity contribution >= 4 is 33.1 Å². The molecule has 11 heteroatoms. The first-order valence-electron chi connectivity index (χ1n) is 10.6. The Morgan fingerprint density at radius 3 is 2.59 bits per heavy atom. The summed E-state index contributed by atoms with van der Waals surface area (Å²) in [5, 5.41) is 15.9. The largest absolute Gasteiger partial charge is 0.393 e. The lowest BCUT2D eigenvalue weighted by Crippen LogP contribution is -2.38. The lowest BCUT2D eigenvalue weighted by molar-refractivity contribution is 0.0845. The van der Waals surface area contributed by atoms with Crippen LogP contribution in [0.5, 0.6) is 0 Å². The number of nitrogens with one attached hydrogen (secondary N) is 2. The molecule has 2 aromatic rings. The molecule has 1 aliphatic rings. The average molecular weight is 463 g/mol. The van der Waals surface area contributed by atoms with Crippen LogP contribution in [-0.4, -0.2) is 72.8 Å². The molecule has 1 saturated heterocycles. The number of carbonyl (C=O) groups excluding carboxylic acids is 1. The van der Waals surface area contributed by atoms with Gasteiger partial charge in [0.2, 0.25) is 0 Å². The molecule has 174 valence electrons. The van der Waals surface area contributed by atoms with Crippen LogP contribution in [0, 0.1) is 0 Å². The zero-order valence-corrected chi connectivity index (χ0v) is 19.2. The number of nitrogens with two attached hydrogens (primary N) is 1. The molecular weight excluding hydrogens is 432 g/mol. The number of hydrogen-bond donors (Lipinski definition) is 4. The van der Waals surface area contributed by atoms with Crippen LogP contribution in [0.3, 0.4) is 0 Å². The Balaban J connectivity index is 1.81. The van der Waals surface area contributed by atoms with Crippen molar-refractivity contribution in [1.82, 2.24) is 14.9 Å². The molecule has 1 amide bonds. The van der Waals surface area contributed by atoms with E-state index in [4.69, 9.17) is 5.73 Å². The molecule has 0 radical (unpaired) electrons. The van der Waals surface area contributed by atoms with Gasteiger partial charge in [-0.25, -0.2) is 18.4 Å². The number of aliphatic hydroxyl groups excluding tert-OH is 1. The van der Waals surface area contributed by atoms with Gasteiger partial charge in [-0.05, 0) is 37.5 Å². The van der Waals surface area contributed by atoms with Gasteiger partial charge in [-0.2, -0.15) is 0 Å². The first-order valence-corrected chi connectivity index (χ1v) is 12.5. The Labute approximate surface area is 188 Å². The van der Waals surface area contributed by atoms with Crippen LogP contribution in [0.15, 0.2) is 29.2 Å². The van der Waals surface area contributed by atoms with Crippen molar-refractivity contribution in [3.05, 3.63) is 35.7 Å². The van der Waals surface area contributed by atoms with Gasteiger partial charge in [0.25, 0.3) is 5.91 Å². The SMILES string of the molecule is CCc1nc(C(N)=O)c(Nc2cccc(S(C)(=O)=O)c2)nc1NCCN1CCC(O)CC1. The number of hydrogen-bond acceptors (Lipinski definition) is 9. The molecule has 1 aliphatic heterocycles. The van der Waals surface area contributed by atoms with E-state index in [1.54, 1.807) is 12.1 Å². The highest BCUT2D eigenvalue weighted by Gasteiger charge is 2.19. The molecule has 1 fully saturated rings. The molecule has 0 aliphatic carbocycles. The normalized spacial score (nSPS) is 15.5. The van der Waals surface area contributed by atoms with Gasteiger partial charge >= 0.3 is 0 Å². The maximum atomic E-state index is 12.0. The maximum absolute atomic E-state index is 12.0. The van der Waals surface area contributed by atoms with E-state index in [0.29, 0.717) is 30.2 Å². The van der Waals surface area contributed by atoms with E-state index >= 15 is 0 Å². The summed E-state index contributed by atoms with van der Waals surface area (Å²) in [5.74, 6) is -0.0346. The minimum atomic E-state index is -3.39. The van der Waals surface area contributed by atoms with E-state index in [0.717, 1.165) is 38.7 Å². The number of piperidine rings is 1. The number of benzene rings is 1. The van der Waals surface area contributed by atoms with Gasteiger partial charge in [-0.3, -0.25) is 4.79 Å². The standard InChI is InChI=1S/C21H30N6O4S/c1-3-17-20(23-9-12-27-10-7-15(28)8-11-27)26-21(18(25-17)19(22)29)24-14-5-4-6-16(13-14)32(2,30)31/h4-6,13,15,28H,3,7-12H2,1-2H3,(H2,22,29)(H2,23,24,26). The number of primary amides is 1. The molecule has 5 N–H and O–H groups in total. The summed E-state index contributed by atoms with van der Waals surface area (Å²) >= 11 is 0. The van der Waals surface area contributed by atoms with Gasteiger partial charge in [-0.1, -0.05) is 13.0 Å². The minimum absolute atomic E-state index is 0.0119. The number of aryl methyl sites for hydroxylation is 1. The number of carbonyl (C=O) groups is 1. The number of likely N-dealkylation sites (tertiary alicyclic amines) is 1. The molecule has 0 unspecified atom stereocenters. The van der Waals surface area contributed by atoms with E-state index in [1.807, 2.05) is 6.92 Å². The monoisotopic (exact) mass is 462 g/mol. The first kappa shape index (κ1) is 23.9. The van der Waals surface area contributed by atoms with Crippen molar-refractivity contribution in [3.63, 3.8) is 0 Å². The predicted octanol–water partition coefficient (Wildman–Crippen LogP) is 1.15. The van der Waals surface area contributed by atoms with Gasteiger partial charge < -0.3 is 26.4 Å². The topological polar surface area (TPSA) is 151 Å². The van der Waals surface area contributed by atoms with E-state index < -0.39 is 15.7 Å². The second-order valence-electron chi connectivity index (χ2n) is 7.86. The third-order valence-corrected chi connectivity index (χ3v) is 6.45. The fraction of sp³-hybridized carbons (Fsp3) is 0.476. The molecule has 0 saturated carbocycles. The average Bonchev–Trinajstić information content (AvgIpc) is 2.74. The van der Waals surface area contributed by atoms with Gasteiger partial charge in [0.05, 0.1) is 16.7 Å². The Kier molecular flexibility index (Phi) is 7.64. The number of rotatable bonds is 9. The molecule has 32 heavy (non-hydrogen) atoms. The van der Waals surface area contributed by atoms with E-state index in [1.165, 1.54) is 12.1 Å². The van der Waals surface area contributed by atoms with E-state index in [9.17, 15) is 18.3 Å². The van der Waals surface area contributed by atoms with E-state index in [2.05, 4.69) is 25.5 Å². The Bertz CT molecular complexity index is 1070. The Morgan fingerprint density at radius 2 is 1.97 bits per heavy atom. The number of aromatic nitrogens is 2. The third kappa shape index (κ3) is 6.15. The Hall–Kier alpha value is -2.76. The van der Waals surface area contributed by atoms with Gasteiger partial charge in [0.15, 0.2) is 21.3 Å². The Morgan fingerprint density at radius 1 is 1.25 bits per heavy atom. The van der Waals surface area contributed by atoms with Crippen LogP contribution in [-0.2, 0) is 16.3 Å². The van der Waals surface area contributed by atoms with Gasteiger partial charge in [0.1, 0.15) is 5.82 Å². The zero-order valence-electron chi connectivity index (χ0n) is 18.3. The smallest absolute Gasteiger partial charge is 0.271 e. The first-order chi connectivity index (χ1) is 15.2. The van der Waals surface area contributed by atoms with Crippen LogP contribution < -0.4 is 16.4 Å². The lowest BCUT2D eigenvalue weighted by Gasteiger charge is -2.29. The quantitative estimate of drug-likeness (QED) is 0.430. The van der Waals surface area contributed by atoms with Crippen molar-refractivity contribution in [2.24, 2.45) is 5.73 Å². The van der Waals surface area contributed by atoms with Crippen molar-refractivity contribution in [1.29, 1.82) is 0 Å². The highest BCUT2D eigenvalue weighted by Crippen LogP contribution is 2.24. The molecule has 1 aromatic carbocycles. The van der Waals surface area contributed by atoms with Crippen molar-refractivity contribution < 1.29 is 18.3 Å². The number of sulfone groups is 1. The summed E-state index contributed by atoms with van der Waals surface area (Å²) in [6, 6.07) is 6.24. The number of anilines is 3. The zero-order chi connectivity index (χ0) is 23.3. The summed E-state index contributed by atoms with van der Waals surface area (Å²) in [7, 11) is -3.39. The molecule has 1 aromatic heterocycles. The highest BCUT2D eigenvalue weighted by molar-refractivity contribution is 7.90. The predicted molar refractivity (Wildman–Crippen MR) is 123 cm³/mol. The van der Waals surface area contributed by atoms with Crippen molar-refractivity contribution in [3.8, 4) is 0 Å². The van der Waals surface area contributed by atoms with Crippen LogP contribution >= 0.6 is 0 Å². The van der Waals surface area contributed by atoms with Crippen LogP contribution in [0.4, 0.5) is 17.3 Å². The molecule has 0 spiro atoms. The molecule has 2 heterocycles. The molecule has 0 atom stereocenters. The van der Waals surface area contributed by atoms with Crippen molar-refractivity contribution in [2.75, 3.05) is 43.1 Å². The number of amides is 1. The molecular formula is C21H30N6O4S. The summed E-state index contributed by atoms with van der Waals surface area (Å²) in [6.07, 6.45) is 3.01. The van der Waals surface area contributed by atoms with E-state index in [-0.39, 0.29) is 22.5 Å². The minimum Gasteiger partial charge on any atom is -0.393 e. The molecule has 0 bridgehead atoms. The summed E-state index contributed by atoms with van der Waals surface area (Å²) in [4.78, 5) is 23.4. The van der Waals surface area contributed by atoms with Gasteiger partial charge in [0, 0.05) is 38.1 Å². The van der Waals surface area contributed by atoms with Crippen molar-refractivity contribution in [2.45, 2.75) is 37.2 Å². The number of aliphatic hydroxyl groups is 1. The lowest BCUT2D eigenvalue weighted by atomic mass is 10.1. The van der Waals surface area contributed by atoms with Crippen LogP contribution in [0.2, 0.25) is 0 Å². The summed E-state index contributed by atoms with van der Waals surface area (Å²) < 4.78 is 23.7. The fourth-order valence-electron chi connectivity index (χ4n) is 3.53. The van der Waals surface area contributed by atoms with Crippen LogP contribution in [0.1, 0.15) is 35.9 Å². The number of nitrogens with zero attached hydrogens (tertiary/aromatic N) is 3. The highest BCUT2D eigenvalue weighted by atomic mass is 32.2. The summed E-state index contributed by atoms with van der Waals surface area (Å²) in [5.41, 5.74) is 6.58. The second kappa shape index (κ2) is 10.2.